The number of aromatic nitrogens is 6. The topological polar surface area (TPSA) is 114 Å². The molecule has 0 atom stereocenters. The maximum absolute atomic E-state index is 14.0. The van der Waals surface area contributed by atoms with Gasteiger partial charge in [0.1, 0.15) is 5.52 Å². The molecule has 1 aromatic carbocycles. The molecule has 4 heterocycles. The van der Waals surface area contributed by atoms with Crippen molar-refractivity contribution in [3.8, 4) is 16.8 Å². The van der Waals surface area contributed by atoms with Crippen molar-refractivity contribution in [3.63, 3.8) is 0 Å². The van der Waals surface area contributed by atoms with Crippen LogP contribution in [0.5, 0.6) is 0 Å². The zero-order chi connectivity index (χ0) is 23.6. The molecule has 0 saturated heterocycles. The lowest BCUT2D eigenvalue weighted by Gasteiger charge is -2.12. The first-order valence-electron chi connectivity index (χ1n) is 11.2. The molecule has 4 aromatic heterocycles. The number of carbonyl (C=O) groups excluding carboxylic acids is 1. The number of rotatable bonds is 5. The van der Waals surface area contributed by atoms with E-state index in [2.05, 4.69) is 15.2 Å². The first-order valence-corrected chi connectivity index (χ1v) is 11.2. The number of carbonyl (C=O) groups is 1. The Bertz CT molecular complexity index is 1650. The van der Waals surface area contributed by atoms with Crippen molar-refractivity contribution in [1.29, 1.82) is 0 Å². The summed E-state index contributed by atoms with van der Waals surface area (Å²) in [6, 6.07) is 9.27. The minimum atomic E-state index is -0.576. The van der Waals surface area contributed by atoms with E-state index in [9.17, 15) is 9.59 Å². The molecular formula is C25H23N7O2. The Kier molecular flexibility index (Phi) is 4.41. The Morgan fingerprint density at radius 2 is 1.97 bits per heavy atom. The van der Waals surface area contributed by atoms with Gasteiger partial charge in [-0.1, -0.05) is 6.07 Å². The van der Waals surface area contributed by atoms with Crippen LogP contribution in [0.4, 0.5) is 0 Å². The fraction of sp³-hybridized carbons (Fsp3) is 0.240. The van der Waals surface area contributed by atoms with Gasteiger partial charge in [0.05, 0.1) is 27.8 Å². The predicted molar refractivity (Wildman–Crippen MR) is 129 cm³/mol. The molecule has 34 heavy (non-hydrogen) atoms. The zero-order valence-electron chi connectivity index (χ0n) is 18.9. The molecule has 9 nitrogen and oxygen atoms in total. The van der Waals surface area contributed by atoms with Crippen LogP contribution in [-0.4, -0.2) is 35.0 Å². The summed E-state index contributed by atoms with van der Waals surface area (Å²) in [7, 11) is 1.85. The van der Waals surface area contributed by atoms with Crippen molar-refractivity contribution in [1.82, 2.24) is 29.1 Å². The lowest BCUT2D eigenvalue weighted by atomic mass is 10.1. The summed E-state index contributed by atoms with van der Waals surface area (Å²) in [6.07, 6.45) is 7.56. The summed E-state index contributed by atoms with van der Waals surface area (Å²) >= 11 is 0. The normalized spacial score (nSPS) is 13.7. The van der Waals surface area contributed by atoms with Crippen molar-refractivity contribution in [2.45, 2.75) is 26.3 Å². The van der Waals surface area contributed by atoms with Crippen molar-refractivity contribution >= 4 is 27.8 Å². The zero-order valence-corrected chi connectivity index (χ0v) is 18.9. The van der Waals surface area contributed by atoms with Gasteiger partial charge in [-0.05, 0) is 49.9 Å². The monoisotopic (exact) mass is 453 g/mol. The van der Waals surface area contributed by atoms with Crippen molar-refractivity contribution in [3.05, 3.63) is 70.5 Å². The van der Waals surface area contributed by atoms with Gasteiger partial charge < -0.3 is 10.3 Å². The highest BCUT2D eigenvalue weighted by atomic mass is 16.1. The van der Waals surface area contributed by atoms with Gasteiger partial charge in [-0.25, -0.2) is 0 Å². The highest BCUT2D eigenvalue weighted by Crippen LogP contribution is 2.35. The Labute approximate surface area is 194 Å². The van der Waals surface area contributed by atoms with Crippen LogP contribution in [0.15, 0.2) is 53.7 Å². The van der Waals surface area contributed by atoms with E-state index in [0.29, 0.717) is 45.9 Å². The number of nitrogens with zero attached hydrogens (tertiary/aromatic N) is 6. The fourth-order valence-electron chi connectivity index (χ4n) is 4.48. The SMILES string of the molecule is Cc1ccc(-c2c(=O)n(-c3ccc4nn(C)cc4c3)nc3c(C(N)=O)cn(CC4CC4)c23)cn1. The first kappa shape index (κ1) is 20.3. The molecule has 0 unspecified atom stereocenters. The third-order valence-corrected chi connectivity index (χ3v) is 6.36. The van der Waals surface area contributed by atoms with Gasteiger partial charge in [0.2, 0.25) is 0 Å². The Morgan fingerprint density at radius 1 is 1.15 bits per heavy atom. The second kappa shape index (κ2) is 7.38. The van der Waals surface area contributed by atoms with Crippen LogP contribution in [-0.2, 0) is 13.6 Å². The van der Waals surface area contributed by atoms with Crippen molar-refractivity contribution in [2.75, 3.05) is 0 Å². The minimum Gasteiger partial charge on any atom is -0.365 e. The molecule has 0 spiro atoms. The highest BCUT2D eigenvalue weighted by Gasteiger charge is 2.27. The average Bonchev–Trinajstić information content (AvgIpc) is 3.43. The van der Waals surface area contributed by atoms with E-state index in [1.54, 1.807) is 23.1 Å². The first-order chi connectivity index (χ1) is 16.4. The van der Waals surface area contributed by atoms with Crippen LogP contribution in [0.25, 0.3) is 38.8 Å². The molecule has 1 fully saturated rings. The number of nitrogens with two attached hydrogens (primary N) is 1. The summed E-state index contributed by atoms with van der Waals surface area (Å²) in [6.45, 7) is 2.61. The average molecular weight is 454 g/mol. The van der Waals surface area contributed by atoms with Crippen LogP contribution in [0, 0.1) is 12.8 Å². The molecule has 0 aliphatic heterocycles. The summed E-state index contributed by atoms with van der Waals surface area (Å²) in [5, 5.41) is 9.95. The number of fused-ring (bicyclic) bond motifs is 2. The van der Waals surface area contributed by atoms with E-state index in [1.807, 2.05) is 49.0 Å². The van der Waals surface area contributed by atoms with Gasteiger partial charge in [-0.15, -0.1) is 0 Å². The fourth-order valence-corrected chi connectivity index (χ4v) is 4.48. The summed E-state index contributed by atoms with van der Waals surface area (Å²) in [5.74, 6) is -0.0522. The molecule has 5 aromatic rings. The van der Waals surface area contributed by atoms with Crippen molar-refractivity contribution < 1.29 is 4.79 Å². The van der Waals surface area contributed by atoms with Crippen LogP contribution in [0.1, 0.15) is 28.9 Å². The van der Waals surface area contributed by atoms with Gasteiger partial charge in [0, 0.05) is 48.8 Å². The molecule has 170 valence electrons. The quantitative estimate of drug-likeness (QED) is 0.440. The Balaban J connectivity index is 1.69. The Hall–Kier alpha value is -4.27. The number of pyridine rings is 1. The molecule has 6 rings (SSSR count). The van der Waals surface area contributed by atoms with Crippen LogP contribution in [0.3, 0.4) is 0 Å². The third kappa shape index (κ3) is 3.28. The van der Waals surface area contributed by atoms with Gasteiger partial charge in [-0.2, -0.15) is 14.9 Å². The van der Waals surface area contributed by atoms with Crippen LogP contribution < -0.4 is 11.3 Å². The van der Waals surface area contributed by atoms with E-state index >= 15 is 0 Å². The second-order valence-corrected chi connectivity index (χ2v) is 9.03. The van der Waals surface area contributed by atoms with E-state index in [4.69, 9.17) is 5.73 Å². The van der Waals surface area contributed by atoms with Gasteiger partial charge >= 0.3 is 0 Å². The number of benzene rings is 1. The molecule has 9 heteroatoms. The number of primary amides is 1. The highest BCUT2D eigenvalue weighted by molar-refractivity contribution is 6.07. The number of hydrogen-bond donors (Lipinski definition) is 1. The molecule has 2 N–H and O–H groups in total. The lowest BCUT2D eigenvalue weighted by Crippen LogP contribution is -2.24. The van der Waals surface area contributed by atoms with Gasteiger partial charge in [-0.3, -0.25) is 19.3 Å². The van der Waals surface area contributed by atoms with Gasteiger partial charge in [0.25, 0.3) is 11.5 Å². The van der Waals surface area contributed by atoms with E-state index in [-0.39, 0.29) is 5.56 Å². The molecule has 1 aliphatic rings. The summed E-state index contributed by atoms with van der Waals surface area (Å²) in [5.41, 5.74) is 10.2. The maximum Gasteiger partial charge on any atom is 0.281 e. The predicted octanol–water partition coefficient (Wildman–Crippen LogP) is 2.95. The molecular weight excluding hydrogens is 430 g/mol. The van der Waals surface area contributed by atoms with E-state index in [0.717, 1.165) is 29.4 Å². The largest absolute Gasteiger partial charge is 0.365 e. The molecule has 0 radical (unpaired) electrons. The standard InChI is InChI=1S/C25H23N7O2/c1-14-3-6-16(10-27-14)21-23-22(19(24(26)33)13-31(23)11-15-4-5-15)29-32(25(21)34)18-7-8-20-17(9-18)12-30(2)28-20/h3,6-10,12-13,15H,4-5,11H2,1-2H3,(H2,26,33). The van der Waals surface area contributed by atoms with Crippen LogP contribution in [0.2, 0.25) is 0 Å². The number of hydrogen-bond acceptors (Lipinski definition) is 5. The Morgan fingerprint density at radius 3 is 2.68 bits per heavy atom. The summed E-state index contributed by atoms with van der Waals surface area (Å²) in [4.78, 5) is 30.8. The molecule has 1 amide bonds. The lowest BCUT2D eigenvalue weighted by molar-refractivity contribution is 0.100. The van der Waals surface area contributed by atoms with Crippen molar-refractivity contribution in [2.24, 2.45) is 18.7 Å². The molecule has 1 aliphatic carbocycles. The maximum atomic E-state index is 14.0. The molecule has 1 saturated carbocycles. The number of amides is 1. The van der Waals surface area contributed by atoms with E-state index in [1.165, 1.54) is 4.68 Å². The second-order valence-electron chi connectivity index (χ2n) is 9.03. The van der Waals surface area contributed by atoms with E-state index < -0.39 is 5.91 Å². The smallest absolute Gasteiger partial charge is 0.281 e. The van der Waals surface area contributed by atoms with Crippen LogP contribution >= 0.6 is 0 Å². The van der Waals surface area contributed by atoms with Gasteiger partial charge in [0.15, 0.2) is 0 Å². The minimum absolute atomic E-state index is 0.285. The number of aryl methyl sites for hydroxylation is 2. The summed E-state index contributed by atoms with van der Waals surface area (Å²) < 4.78 is 5.03. The molecule has 0 bridgehead atoms. The third-order valence-electron chi connectivity index (χ3n) is 6.36.